The zero-order chi connectivity index (χ0) is 7.02. The van der Waals surface area contributed by atoms with Crippen molar-refractivity contribution in [2.45, 2.75) is 0 Å². The van der Waals surface area contributed by atoms with Crippen LogP contribution in [0.25, 0.3) is 0 Å². The molecule has 0 aliphatic rings. The maximum atomic E-state index is 10.5. The first kappa shape index (κ1) is 5.87. The van der Waals surface area contributed by atoms with E-state index in [1.54, 1.807) is 0 Å². The molecule has 1 heterocycles. The summed E-state index contributed by atoms with van der Waals surface area (Å²) in [6.07, 6.45) is 0. The lowest BCUT2D eigenvalue weighted by atomic mass is 11.2. The second-order valence-electron chi connectivity index (χ2n) is 1.78. The van der Waals surface area contributed by atoms with Crippen molar-refractivity contribution in [3.05, 3.63) is 21.0 Å². The van der Waals surface area contributed by atoms with Gasteiger partial charge in [0.05, 0.1) is 0 Å². The minimum absolute atomic E-state index is 0.387. The van der Waals surface area contributed by atoms with E-state index < -0.39 is 0 Å². The summed E-state index contributed by atoms with van der Waals surface area (Å²) in [6.45, 7) is 0. The lowest BCUT2D eigenvalue weighted by Crippen LogP contribution is -2.20. The van der Waals surface area contributed by atoms with Gasteiger partial charge in [-0.3, -0.25) is 4.98 Å². The Bertz CT molecular complexity index is 285. The van der Waals surface area contributed by atoms with Crippen LogP contribution in [0.4, 0.5) is 0 Å². The van der Waals surface area contributed by atoms with E-state index in [9.17, 15) is 9.59 Å². The maximum Gasteiger partial charge on any atom is 0.344 e. The van der Waals surface area contributed by atoms with Crippen molar-refractivity contribution in [3.8, 4) is 0 Å². The van der Waals surface area contributed by atoms with E-state index in [4.69, 9.17) is 0 Å². The van der Waals surface area contributed by atoms with Crippen molar-refractivity contribution in [2.75, 3.05) is 0 Å². The van der Waals surface area contributed by atoms with Gasteiger partial charge in [-0.2, -0.15) is 0 Å². The van der Waals surface area contributed by atoms with Gasteiger partial charge in [0.2, 0.25) is 0 Å². The van der Waals surface area contributed by atoms with Gasteiger partial charge in [0.25, 0.3) is 0 Å². The molecule has 0 spiro atoms. The molecule has 1 aromatic heterocycles. The quantitative estimate of drug-likeness (QED) is 0.459. The van der Waals surface area contributed by atoms with Gasteiger partial charge >= 0.3 is 11.4 Å². The first-order valence-electron chi connectivity index (χ1n) is 2.45. The van der Waals surface area contributed by atoms with Gasteiger partial charge in [-0.05, 0) is 0 Å². The number of nitrogens with one attached hydrogen (secondary N) is 1. The highest BCUT2D eigenvalue weighted by molar-refractivity contribution is 4.62. The average molecular weight is 129 g/mol. The summed E-state index contributed by atoms with van der Waals surface area (Å²) >= 11 is 0. The van der Waals surface area contributed by atoms with E-state index in [-0.39, 0.29) is 11.4 Å². The Morgan fingerprint density at radius 3 is 1.56 bits per heavy atom. The molecule has 0 amide bonds. The summed E-state index contributed by atoms with van der Waals surface area (Å²) in [4.78, 5) is 23.2. The largest absolute Gasteiger partial charge is 0.344 e. The van der Waals surface area contributed by atoms with Crippen LogP contribution >= 0.6 is 0 Å². The van der Waals surface area contributed by atoms with E-state index >= 15 is 0 Å². The van der Waals surface area contributed by atoms with Crippen LogP contribution < -0.4 is 11.4 Å². The number of hydrogen-bond acceptors (Lipinski definition) is 2. The molecule has 0 aliphatic carbocycles. The second-order valence-corrected chi connectivity index (χ2v) is 1.78. The molecule has 0 saturated carbocycles. The fourth-order valence-electron chi connectivity index (χ4n) is 0.526. The predicted molar refractivity (Wildman–Crippen MR) is 31.3 cm³/mol. The number of hydrogen-bond donors (Lipinski definition) is 1. The molecule has 50 valence electrons. The van der Waals surface area contributed by atoms with Crippen molar-refractivity contribution >= 4 is 0 Å². The minimum atomic E-state index is -0.387. The van der Waals surface area contributed by atoms with Crippen LogP contribution in [0.5, 0.6) is 0 Å². The molecular formula is C4H7N3O2. The molecule has 1 aromatic rings. The third-order valence-corrected chi connectivity index (χ3v) is 1.25. The highest BCUT2D eigenvalue weighted by atomic mass is 16.2. The lowest BCUT2D eigenvalue weighted by molar-refractivity contribution is 0.565. The summed E-state index contributed by atoms with van der Waals surface area (Å²) < 4.78 is 2.39. The third-order valence-electron chi connectivity index (χ3n) is 1.25. The summed E-state index contributed by atoms with van der Waals surface area (Å²) in [5.41, 5.74) is -0.773. The molecule has 0 atom stereocenters. The SMILES string of the molecule is Cn1c(=O)[nH]c(=O)n1C. The van der Waals surface area contributed by atoms with Crippen LogP contribution in [-0.4, -0.2) is 14.3 Å². The van der Waals surface area contributed by atoms with Crippen molar-refractivity contribution in [1.82, 2.24) is 14.3 Å². The number of aromatic amines is 1. The van der Waals surface area contributed by atoms with Crippen LogP contribution in [0.3, 0.4) is 0 Å². The Morgan fingerprint density at radius 2 is 1.44 bits per heavy atom. The highest BCUT2D eigenvalue weighted by Gasteiger charge is 1.96. The topological polar surface area (TPSA) is 59.8 Å². The lowest BCUT2D eigenvalue weighted by Gasteiger charge is -1.91. The smallest absolute Gasteiger partial charge is 0.257 e. The number of nitrogens with zero attached hydrogens (tertiary/aromatic N) is 2. The molecule has 0 bridgehead atoms. The molecule has 9 heavy (non-hydrogen) atoms. The second kappa shape index (κ2) is 1.61. The normalized spacial score (nSPS) is 10.0. The van der Waals surface area contributed by atoms with Crippen molar-refractivity contribution < 1.29 is 0 Å². The predicted octanol–water partition coefficient (Wildman–Crippen LogP) is -1.59. The van der Waals surface area contributed by atoms with Gasteiger partial charge < -0.3 is 0 Å². The molecule has 0 radical (unpaired) electrons. The van der Waals surface area contributed by atoms with E-state index in [1.165, 1.54) is 23.5 Å². The Labute approximate surface area is 50.5 Å². The number of aromatic nitrogens is 3. The fraction of sp³-hybridized carbons (Fsp3) is 0.500. The van der Waals surface area contributed by atoms with Crippen molar-refractivity contribution in [3.63, 3.8) is 0 Å². The van der Waals surface area contributed by atoms with Crippen molar-refractivity contribution in [2.24, 2.45) is 14.1 Å². The average Bonchev–Trinajstić information content (AvgIpc) is 1.98. The highest BCUT2D eigenvalue weighted by Crippen LogP contribution is 1.58. The molecule has 5 nitrogen and oxygen atoms in total. The molecule has 0 aliphatic heterocycles. The van der Waals surface area contributed by atoms with Crippen LogP contribution in [0.1, 0.15) is 0 Å². The van der Waals surface area contributed by atoms with Crippen LogP contribution in [0.15, 0.2) is 9.59 Å². The van der Waals surface area contributed by atoms with Gasteiger partial charge in [0.1, 0.15) is 0 Å². The zero-order valence-electron chi connectivity index (χ0n) is 5.21. The number of H-pyrrole nitrogens is 1. The number of rotatable bonds is 0. The Morgan fingerprint density at radius 1 is 1.11 bits per heavy atom. The summed E-state index contributed by atoms with van der Waals surface area (Å²) in [6, 6.07) is 0. The first-order valence-corrected chi connectivity index (χ1v) is 2.45. The molecule has 0 unspecified atom stereocenters. The van der Waals surface area contributed by atoms with E-state index in [2.05, 4.69) is 4.98 Å². The fourth-order valence-corrected chi connectivity index (χ4v) is 0.526. The summed E-state index contributed by atoms with van der Waals surface area (Å²) in [5, 5.41) is 0. The van der Waals surface area contributed by atoms with Gasteiger partial charge in [-0.1, -0.05) is 0 Å². The summed E-state index contributed by atoms with van der Waals surface area (Å²) in [5.74, 6) is 0. The van der Waals surface area contributed by atoms with Crippen molar-refractivity contribution in [1.29, 1.82) is 0 Å². The van der Waals surface area contributed by atoms with Gasteiger partial charge in [-0.15, -0.1) is 0 Å². The first-order chi connectivity index (χ1) is 4.13. The van der Waals surface area contributed by atoms with Gasteiger partial charge in [0.15, 0.2) is 0 Å². The maximum absolute atomic E-state index is 10.5. The van der Waals surface area contributed by atoms with E-state index in [0.29, 0.717) is 0 Å². The van der Waals surface area contributed by atoms with E-state index in [1.807, 2.05) is 0 Å². The Kier molecular flexibility index (Phi) is 1.05. The molecule has 0 aromatic carbocycles. The van der Waals surface area contributed by atoms with Gasteiger partial charge in [0, 0.05) is 14.1 Å². The molecule has 0 fully saturated rings. The van der Waals surface area contributed by atoms with E-state index in [0.717, 1.165) is 0 Å². The monoisotopic (exact) mass is 129 g/mol. The third kappa shape index (κ3) is 0.697. The molecule has 1 rings (SSSR count). The van der Waals surface area contributed by atoms with Crippen LogP contribution in [-0.2, 0) is 14.1 Å². The summed E-state index contributed by atoms with van der Waals surface area (Å²) in [7, 11) is 3.03. The molecule has 1 N–H and O–H groups in total. The zero-order valence-corrected chi connectivity index (χ0v) is 5.21. The van der Waals surface area contributed by atoms with Crippen LogP contribution in [0, 0.1) is 0 Å². The Hall–Kier alpha value is -1.26. The standard InChI is InChI=1S/C4H7N3O2/c1-6-3(8)5-4(9)7(6)2/h1-2H3,(H,5,8,9). The van der Waals surface area contributed by atoms with Gasteiger partial charge in [-0.25, -0.2) is 19.0 Å². The molecular weight excluding hydrogens is 122 g/mol. The minimum Gasteiger partial charge on any atom is -0.257 e. The Balaban J connectivity index is 3.67. The molecule has 5 heteroatoms. The molecule has 0 saturated heterocycles. The van der Waals surface area contributed by atoms with Crippen LogP contribution in [0.2, 0.25) is 0 Å².